The van der Waals surface area contributed by atoms with Crippen LogP contribution in [-0.4, -0.2) is 25.7 Å². The molecule has 0 aliphatic rings. The van der Waals surface area contributed by atoms with Crippen LogP contribution in [0.2, 0.25) is 5.02 Å². The van der Waals surface area contributed by atoms with E-state index in [4.69, 9.17) is 21.9 Å². The van der Waals surface area contributed by atoms with Crippen LogP contribution in [0, 0.1) is 0 Å². The fourth-order valence-electron chi connectivity index (χ4n) is 1.70. The summed E-state index contributed by atoms with van der Waals surface area (Å²) in [7, 11) is 0. The summed E-state index contributed by atoms with van der Waals surface area (Å²) in [4.78, 5) is 14.7. The normalized spacial score (nSPS) is 11.5. The van der Waals surface area contributed by atoms with Crippen LogP contribution in [0.5, 0.6) is 0 Å². The number of halogens is 1. The predicted octanol–water partition coefficient (Wildman–Crippen LogP) is 3.23. The van der Waals surface area contributed by atoms with Crippen molar-refractivity contribution >= 4 is 17.6 Å². The monoisotopic (exact) mass is 296 g/mol. The Morgan fingerprint density at radius 2 is 2.30 bits per heavy atom. The molecule has 7 heteroatoms. The maximum absolute atomic E-state index is 12.0. The molecule has 0 fully saturated rings. The third-order valence-electron chi connectivity index (χ3n) is 2.59. The fourth-order valence-corrected chi connectivity index (χ4v) is 1.94. The quantitative estimate of drug-likeness (QED) is 0.263. The van der Waals surface area contributed by atoms with Crippen molar-refractivity contribution < 1.29 is 9.53 Å². The lowest BCUT2D eigenvalue weighted by Gasteiger charge is -2.18. The van der Waals surface area contributed by atoms with Gasteiger partial charge >= 0.3 is 5.97 Å². The van der Waals surface area contributed by atoms with Crippen LogP contribution in [0.4, 0.5) is 0 Å². The average molecular weight is 297 g/mol. The number of hydrogen-bond acceptors (Lipinski definition) is 4. The second-order valence-electron chi connectivity index (χ2n) is 3.97. The van der Waals surface area contributed by atoms with Crippen molar-refractivity contribution in [3.8, 4) is 0 Å². The first-order valence-corrected chi connectivity index (χ1v) is 6.73. The Balaban J connectivity index is 2.73. The smallest absolute Gasteiger partial charge is 0.327 e. The van der Waals surface area contributed by atoms with Crippen LogP contribution >= 0.6 is 11.6 Å². The molecule has 1 atom stereocenters. The zero-order chi connectivity index (χ0) is 14.8. The molecule has 0 aromatic heterocycles. The lowest BCUT2D eigenvalue weighted by Crippen LogP contribution is -2.31. The minimum absolute atomic E-state index is 0.306. The minimum atomic E-state index is -0.616. The Hall–Kier alpha value is -1.75. The van der Waals surface area contributed by atoms with Crippen molar-refractivity contribution in [2.24, 2.45) is 5.11 Å². The van der Waals surface area contributed by atoms with E-state index in [1.165, 1.54) is 0 Å². The van der Waals surface area contributed by atoms with Gasteiger partial charge in [0.15, 0.2) is 0 Å². The first-order chi connectivity index (χ1) is 9.70. The number of azide groups is 1. The van der Waals surface area contributed by atoms with Crippen molar-refractivity contribution in [3.63, 3.8) is 0 Å². The Bertz CT molecular complexity index is 489. The Morgan fingerprint density at radius 3 is 2.95 bits per heavy atom. The number of carbonyl (C=O) groups is 1. The molecule has 0 radical (unpaired) electrons. The van der Waals surface area contributed by atoms with Gasteiger partial charge in [0.25, 0.3) is 0 Å². The molecule has 0 saturated heterocycles. The number of nitrogens with one attached hydrogen (secondary N) is 1. The summed E-state index contributed by atoms with van der Waals surface area (Å²) in [6, 6.07) is 6.51. The number of benzene rings is 1. The molecule has 108 valence electrons. The molecule has 0 amide bonds. The van der Waals surface area contributed by atoms with Gasteiger partial charge < -0.3 is 10.1 Å². The average Bonchev–Trinajstić information content (AvgIpc) is 2.44. The second-order valence-corrected chi connectivity index (χ2v) is 4.38. The van der Waals surface area contributed by atoms with Crippen molar-refractivity contribution in [2.75, 3.05) is 19.7 Å². The molecule has 0 bridgehead atoms. The van der Waals surface area contributed by atoms with Crippen LogP contribution in [0.3, 0.4) is 0 Å². The van der Waals surface area contributed by atoms with E-state index >= 15 is 0 Å². The van der Waals surface area contributed by atoms with Crippen molar-refractivity contribution in [1.29, 1.82) is 0 Å². The summed E-state index contributed by atoms with van der Waals surface area (Å²) in [5, 5.41) is 7.02. The van der Waals surface area contributed by atoms with Crippen LogP contribution in [0.15, 0.2) is 29.4 Å². The molecule has 0 aliphatic carbocycles. The molecule has 1 aromatic carbocycles. The molecule has 6 nitrogen and oxygen atoms in total. The SMILES string of the molecule is CCOC(=O)C(NCCCN=[N+]=[N-])c1ccccc1Cl. The highest BCUT2D eigenvalue weighted by Gasteiger charge is 2.23. The number of carbonyl (C=O) groups excluding carboxylic acids is 1. The highest BCUT2D eigenvalue weighted by Crippen LogP contribution is 2.23. The van der Waals surface area contributed by atoms with E-state index < -0.39 is 6.04 Å². The van der Waals surface area contributed by atoms with Crippen LogP contribution < -0.4 is 5.32 Å². The number of ether oxygens (including phenoxy) is 1. The molecule has 1 aromatic rings. The van der Waals surface area contributed by atoms with Gasteiger partial charge in [-0.3, -0.25) is 0 Å². The number of hydrogen-bond donors (Lipinski definition) is 1. The van der Waals surface area contributed by atoms with Gasteiger partial charge in [0.2, 0.25) is 0 Å². The Kier molecular flexibility index (Phi) is 7.50. The molecule has 0 aliphatic heterocycles. The Labute approximate surface area is 122 Å². The first kappa shape index (κ1) is 16.3. The molecular formula is C13H17ClN4O2. The largest absolute Gasteiger partial charge is 0.465 e. The zero-order valence-electron chi connectivity index (χ0n) is 11.3. The van der Waals surface area contributed by atoms with Crippen LogP contribution in [-0.2, 0) is 9.53 Å². The highest BCUT2D eigenvalue weighted by atomic mass is 35.5. The molecular weight excluding hydrogens is 280 g/mol. The fraction of sp³-hybridized carbons (Fsp3) is 0.462. The van der Waals surface area contributed by atoms with Gasteiger partial charge in [0.05, 0.1) is 6.61 Å². The van der Waals surface area contributed by atoms with Crippen molar-refractivity contribution in [2.45, 2.75) is 19.4 Å². The lowest BCUT2D eigenvalue weighted by molar-refractivity contribution is -0.145. The maximum atomic E-state index is 12.0. The van der Waals surface area contributed by atoms with E-state index in [0.717, 1.165) is 0 Å². The van der Waals surface area contributed by atoms with E-state index in [9.17, 15) is 4.79 Å². The second kappa shape index (κ2) is 9.20. The number of esters is 1. The van der Waals surface area contributed by atoms with E-state index in [1.54, 1.807) is 25.1 Å². The van der Waals surface area contributed by atoms with Gasteiger partial charge in [-0.05, 0) is 37.1 Å². The maximum Gasteiger partial charge on any atom is 0.327 e. The third kappa shape index (κ3) is 5.09. The molecule has 0 saturated carbocycles. The van der Waals surface area contributed by atoms with Crippen LogP contribution in [0.25, 0.3) is 10.4 Å². The van der Waals surface area contributed by atoms with E-state index in [2.05, 4.69) is 15.3 Å². The third-order valence-corrected chi connectivity index (χ3v) is 2.93. The summed E-state index contributed by atoms with van der Waals surface area (Å²) in [6.45, 7) is 2.96. The highest BCUT2D eigenvalue weighted by molar-refractivity contribution is 6.31. The molecule has 0 spiro atoms. The van der Waals surface area contributed by atoms with Crippen LogP contribution in [0.1, 0.15) is 24.9 Å². The van der Waals surface area contributed by atoms with E-state index in [-0.39, 0.29) is 5.97 Å². The summed E-state index contributed by atoms with van der Waals surface area (Å²) in [5.41, 5.74) is 8.87. The first-order valence-electron chi connectivity index (χ1n) is 6.36. The molecule has 20 heavy (non-hydrogen) atoms. The molecule has 0 heterocycles. The summed E-state index contributed by atoms with van der Waals surface area (Å²) < 4.78 is 5.05. The summed E-state index contributed by atoms with van der Waals surface area (Å²) in [5.74, 6) is -0.371. The van der Waals surface area contributed by atoms with E-state index in [1.807, 2.05) is 6.07 Å². The minimum Gasteiger partial charge on any atom is -0.465 e. The molecule has 1 unspecified atom stereocenters. The van der Waals surface area contributed by atoms with E-state index in [0.29, 0.717) is 36.7 Å². The number of nitrogens with zero attached hydrogens (tertiary/aromatic N) is 3. The topological polar surface area (TPSA) is 87.1 Å². The van der Waals surface area contributed by atoms with Gasteiger partial charge in [-0.25, -0.2) is 4.79 Å². The van der Waals surface area contributed by atoms with Crippen molar-refractivity contribution in [1.82, 2.24) is 5.32 Å². The van der Waals surface area contributed by atoms with Gasteiger partial charge in [-0.2, -0.15) is 0 Å². The zero-order valence-corrected chi connectivity index (χ0v) is 12.0. The van der Waals surface area contributed by atoms with Gasteiger partial charge in [0, 0.05) is 16.5 Å². The van der Waals surface area contributed by atoms with Crippen molar-refractivity contribution in [3.05, 3.63) is 45.3 Å². The molecule has 1 rings (SSSR count). The Morgan fingerprint density at radius 1 is 1.55 bits per heavy atom. The number of rotatable bonds is 8. The summed E-state index contributed by atoms with van der Waals surface area (Å²) in [6.07, 6.45) is 0.629. The predicted molar refractivity (Wildman–Crippen MR) is 77.5 cm³/mol. The molecule has 1 N–H and O–H groups in total. The van der Waals surface area contributed by atoms with Gasteiger partial charge in [0.1, 0.15) is 6.04 Å². The summed E-state index contributed by atoms with van der Waals surface area (Å²) >= 11 is 6.11. The standard InChI is InChI=1S/C13H17ClN4O2/c1-2-20-13(19)12(16-8-5-9-17-18-15)10-6-3-4-7-11(10)14/h3-4,6-7,12,16H,2,5,8-9H2,1H3. The lowest BCUT2D eigenvalue weighted by atomic mass is 10.1. The van der Waals surface area contributed by atoms with Gasteiger partial charge in [-0.1, -0.05) is 34.9 Å². The van der Waals surface area contributed by atoms with Gasteiger partial charge in [-0.15, -0.1) is 0 Å².